The number of amides is 2. The van der Waals surface area contributed by atoms with E-state index >= 15 is 0 Å². The predicted molar refractivity (Wildman–Crippen MR) is 108 cm³/mol. The summed E-state index contributed by atoms with van der Waals surface area (Å²) in [7, 11) is 0. The maximum absolute atomic E-state index is 13.9. The number of hydrogen-bond donors (Lipinski definition) is 2. The van der Waals surface area contributed by atoms with Crippen LogP contribution in [0, 0.1) is 11.6 Å². The normalized spacial score (nSPS) is 20.2. The van der Waals surface area contributed by atoms with Crippen LogP contribution in [0.5, 0.6) is 5.75 Å². The van der Waals surface area contributed by atoms with Crippen molar-refractivity contribution in [3.05, 3.63) is 63.1 Å². The molecule has 2 aliphatic heterocycles. The molecule has 1 atom stereocenters. The molecule has 7 nitrogen and oxygen atoms in total. The van der Waals surface area contributed by atoms with E-state index < -0.39 is 40.2 Å². The lowest BCUT2D eigenvalue weighted by Gasteiger charge is -2.44. The molecule has 0 radical (unpaired) electrons. The van der Waals surface area contributed by atoms with Crippen molar-refractivity contribution in [3.63, 3.8) is 0 Å². The third kappa shape index (κ3) is 3.47. The first-order valence-electron chi connectivity index (χ1n) is 10.3. The number of hydrogen-bond acceptors (Lipinski definition) is 4. The number of fused-ring (bicyclic) bond motifs is 4. The topological polar surface area (TPSA) is 91.6 Å². The van der Waals surface area contributed by atoms with Crippen molar-refractivity contribution in [1.29, 1.82) is 0 Å². The number of carbonyl (C=O) groups excluding carboxylic acids is 2. The summed E-state index contributed by atoms with van der Waals surface area (Å²) < 4.78 is 28.5. The van der Waals surface area contributed by atoms with E-state index in [9.17, 15) is 28.3 Å². The van der Waals surface area contributed by atoms with E-state index in [1.54, 1.807) is 9.47 Å². The minimum Gasteiger partial charge on any atom is -0.503 e. The molecule has 2 aromatic rings. The van der Waals surface area contributed by atoms with E-state index in [4.69, 9.17) is 0 Å². The van der Waals surface area contributed by atoms with Crippen LogP contribution in [0.4, 0.5) is 8.78 Å². The minimum atomic E-state index is -0.956. The van der Waals surface area contributed by atoms with E-state index in [0.717, 1.165) is 25.3 Å². The fourth-order valence-corrected chi connectivity index (χ4v) is 4.53. The highest BCUT2D eigenvalue weighted by Crippen LogP contribution is 2.38. The molecule has 1 aromatic heterocycles. The third-order valence-electron chi connectivity index (χ3n) is 6.35. The van der Waals surface area contributed by atoms with Crippen LogP contribution in [0.3, 0.4) is 0 Å². The Labute approximate surface area is 177 Å². The Hall–Kier alpha value is -3.23. The smallest absolute Gasteiger partial charge is 0.274 e. The number of nitrogens with one attached hydrogen (secondary N) is 1. The van der Waals surface area contributed by atoms with E-state index in [1.807, 2.05) is 6.92 Å². The summed E-state index contributed by atoms with van der Waals surface area (Å²) in [6.07, 6.45) is 4.41. The minimum absolute atomic E-state index is 0.0525. The van der Waals surface area contributed by atoms with Gasteiger partial charge in [0.15, 0.2) is 11.4 Å². The van der Waals surface area contributed by atoms with Gasteiger partial charge in [0.1, 0.15) is 17.2 Å². The van der Waals surface area contributed by atoms with Crippen LogP contribution in [0.2, 0.25) is 0 Å². The summed E-state index contributed by atoms with van der Waals surface area (Å²) >= 11 is 0. The SMILES string of the molecule is CCC12CCCCN(C1)C(=O)c1c(O)c(=O)c(C(=O)NCc3ccc(F)cc3F)cn12. The summed E-state index contributed by atoms with van der Waals surface area (Å²) in [5, 5.41) is 13.0. The van der Waals surface area contributed by atoms with Gasteiger partial charge in [0.25, 0.3) is 11.8 Å². The van der Waals surface area contributed by atoms with Crippen LogP contribution in [0.1, 0.15) is 59.0 Å². The molecule has 1 aromatic carbocycles. The Kier molecular flexibility index (Phi) is 5.28. The van der Waals surface area contributed by atoms with Crippen LogP contribution in [0.15, 0.2) is 29.2 Å². The average molecular weight is 431 g/mol. The number of aromatic hydroxyl groups is 1. The van der Waals surface area contributed by atoms with Crippen molar-refractivity contribution in [3.8, 4) is 5.75 Å². The van der Waals surface area contributed by atoms with Gasteiger partial charge in [-0.15, -0.1) is 0 Å². The summed E-state index contributed by atoms with van der Waals surface area (Å²) in [6.45, 7) is 2.70. The van der Waals surface area contributed by atoms with E-state index in [-0.39, 0.29) is 23.4 Å². The Morgan fingerprint density at radius 1 is 1.26 bits per heavy atom. The molecule has 2 aliphatic rings. The van der Waals surface area contributed by atoms with Crippen LogP contribution in [0.25, 0.3) is 0 Å². The van der Waals surface area contributed by atoms with Gasteiger partial charge in [0.2, 0.25) is 5.43 Å². The molecule has 2 bridgehead atoms. The van der Waals surface area contributed by atoms with Crippen molar-refractivity contribution in [2.75, 3.05) is 13.1 Å². The number of carbonyl (C=O) groups is 2. The molecule has 3 heterocycles. The zero-order valence-corrected chi connectivity index (χ0v) is 17.1. The highest BCUT2D eigenvalue weighted by Gasteiger charge is 2.44. The van der Waals surface area contributed by atoms with Gasteiger partial charge in [-0.1, -0.05) is 13.0 Å². The largest absolute Gasteiger partial charge is 0.503 e. The fourth-order valence-electron chi connectivity index (χ4n) is 4.53. The van der Waals surface area contributed by atoms with Gasteiger partial charge in [-0.05, 0) is 31.7 Å². The first kappa shape index (κ1) is 21.0. The van der Waals surface area contributed by atoms with Crippen molar-refractivity contribution in [2.24, 2.45) is 0 Å². The molecule has 31 heavy (non-hydrogen) atoms. The fraction of sp³-hybridized carbons (Fsp3) is 0.409. The first-order chi connectivity index (χ1) is 14.8. The molecule has 4 rings (SSSR count). The van der Waals surface area contributed by atoms with E-state index in [1.165, 1.54) is 12.3 Å². The summed E-state index contributed by atoms with van der Waals surface area (Å²) in [4.78, 5) is 40.0. The molecule has 2 amide bonds. The lowest BCUT2D eigenvalue weighted by atomic mass is 9.87. The van der Waals surface area contributed by atoms with Gasteiger partial charge in [-0.3, -0.25) is 14.4 Å². The number of aromatic nitrogens is 1. The van der Waals surface area contributed by atoms with Crippen molar-refractivity contribution in [1.82, 2.24) is 14.8 Å². The number of nitrogens with zero attached hydrogens (tertiary/aromatic N) is 2. The van der Waals surface area contributed by atoms with Crippen molar-refractivity contribution in [2.45, 2.75) is 44.7 Å². The van der Waals surface area contributed by atoms with Crippen molar-refractivity contribution >= 4 is 11.8 Å². The Morgan fingerprint density at radius 3 is 2.74 bits per heavy atom. The Morgan fingerprint density at radius 2 is 2.03 bits per heavy atom. The van der Waals surface area contributed by atoms with E-state index in [0.29, 0.717) is 25.6 Å². The van der Waals surface area contributed by atoms with Crippen LogP contribution in [-0.2, 0) is 12.1 Å². The van der Waals surface area contributed by atoms with Crippen LogP contribution < -0.4 is 10.7 Å². The second-order valence-electron chi connectivity index (χ2n) is 8.12. The molecule has 9 heteroatoms. The molecule has 1 fully saturated rings. The Bertz CT molecular complexity index is 1130. The second-order valence-corrected chi connectivity index (χ2v) is 8.12. The predicted octanol–water partition coefficient (Wildman–Crippen LogP) is 2.51. The highest BCUT2D eigenvalue weighted by atomic mass is 19.1. The molecule has 0 saturated carbocycles. The van der Waals surface area contributed by atoms with Gasteiger partial charge in [-0.25, -0.2) is 8.78 Å². The summed E-state index contributed by atoms with van der Waals surface area (Å²) in [6, 6.07) is 2.97. The average Bonchev–Trinajstić information content (AvgIpc) is 2.95. The molecule has 2 N–H and O–H groups in total. The van der Waals surface area contributed by atoms with Crippen LogP contribution >= 0.6 is 0 Å². The number of rotatable bonds is 4. The number of benzene rings is 1. The zero-order chi connectivity index (χ0) is 22.3. The quantitative estimate of drug-likeness (QED) is 0.778. The van der Waals surface area contributed by atoms with Gasteiger partial charge in [0, 0.05) is 37.5 Å². The molecular formula is C22H23F2N3O4. The lowest BCUT2D eigenvalue weighted by Crippen LogP contribution is -2.53. The lowest BCUT2D eigenvalue weighted by molar-refractivity contribution is 0.0559. The molecular weight excluding hydrogens is 408 g/mol. The van der Waals surface area contributed by atoms with Gasteiger partial charge in [-0.2, -0.15) is 0 Å². The maximum Gasteiger partial charge on any atom is 0.274 e. The second kappa shape index (κ2) is 7.79. The number of halogens is 2. The zero-order valence-electron chi connectivity index (χ0n) is 17.1. The first-order valence-corrected chi connectivity index (χ1v) is 10.3. The van der Waals surface area contributed by atoms with Gasteiger partial charge in [0.05, 0.1) is 5.54 Å². The third-order valence-corrected chi connectivity index (χ3v) is 6.35. The van der Waals surface area contributed by atoms with Gasteiger partial charge >= 0.3 is 0 Å². The van der Waals surface area contributed by atoms with Gasteiger partial charge < -0.3 is 19.9 Å². The molecule has 0 spiro atoms. The maximum atomic E-state index is 13.9. The number of pyridine rings is 1. The molecule has 0 aliphatic carbocycles. The molecule has 1 saturated heterocycles. The summed E-state index contributed by atoms with van der Waals surface area (Å²) in [5.74, 6) is -3.55. The highest BCUT2D eigenvalue weighted by molar-refractivity contribution is 5.99. The van der Waals surface area contributed by atoms with Crippen LogP contribution in [-0.4, -0.2) is 39.5 Å². The molecule has 164 valence electrons. The standard InChI is InChI=1S/C22H23F2N3O4/c1-2-22-7-3-4-8-26(12-22)21(31)17-19(29)18(28)15(11-27(17)22)20(30)25-10-13-5-6-14(23)9-16(13)24/h5-6,9,11,29H,2-4,7-8,10,12H2,1H3,(H,25,30). The van der Waals surface area contributed by atoms with Crippen molar-refractivity contribution < 1.29 is 23.5 Å². The monoisotopic (exact) mass is 431 g/mol. The molecule has 1 unspecified atom stereocenters. The Balaban J connectivity index is 1.73. The summed E-state index contributed by atoms with van der Waals surface area (Å²) in [5.41, 5.74) is -1.86. The van der Waals surface area contributed by atoms with E-state index in [2.05, 4.69) is 5.32 Å².